The molecule has 1 amide bonds. The Labute approximate surface area is 127 Å². The van der Waals surface area contributed by atoms with Crippen molar-refractivity contribution in [2.45, 2.75) is 6.42 Å². The normalized spacial score (nSPS) is 10.8. The topological polar surface area (TPSA) is 70.0 Å². The molecule has 1 aromatic heterocycles. The van der Waals surface area contributed by atoms with Gasteiger partial charge in [0.2, 0.25) is 11.0 Å². The van der Waals surface area contributed by atoms with Crippen LogP contribution in [0.25, 0.3) is 0 Å². The lowest BCUT2D eigenvalue weighted by Crippen LogP contribution is -2.19. The SMILES string of the molecule is CNC(=O)Cc1cnc(N=Nc2ccc(N(C)C)cc2)s1. The monoisotopic (exact) mass is 303 g/mol. The third-order valence-corrected chi connectivity index (χ3v) is 3.65. The highest BCUT2D eigenvalue weighted by molar-refractivity contribution is 7.15. The third kappa shape index (κ3) is 4.35. The Bertz CT molecular complexity index is 633. The number of carbonyl (C=O) groups is 1. The Morgan fingerprint density at radius 3 is 2.62 bits per heavy atom. The van der Waals surface area contributed by atoms with Gasteiger partial charge < -0.3 is 10.2 Å². The van der Waals surface area contributed by atoms with Gasteiger partial charge in [0.05, 0.1) is 12.1 Å². The van der Waals surface area contributed by atoms with Gasteiger partial charge in [0.15, 0.2) is 0 Å². The second-order valence-corrected chi connectivity index (χ2v) is 5.66. The summed E-state index contributed by atoms with van der Waals surface area (Å²) >= 11 is 1.36. The average Bonchev–Trinajstić information content (AvgIpc) is 2.93. The fourth-order valence-corrected chi connectivity index (χ4v) is 2.32. The molecule has 2 rings (SSSR count). The largest absolute Gasteiger partial charge is 0.378 e. The van der Waals surface area contributed by atoms with E-state index in [1.54, 1.807) is 13.2 Å². The van der Waals surface area contributed by atoms with Crippen molar-refractivity contribution in [2.24, 2.45) is 10.2 Å². The summed E-state index contributed by atoms with van der Waals surface area (Å²) in [5.41, 5.74) is 1.87. The van der Waals surface area contributed by atoms with Crippen molar-refractivity contribution >= 4 is 33.8 Å². The Morgan fingerprint density at radius 2 is 2.00 bits per heavy atom. The molecule has 0 saturated heterocycles. The molecule has 1 aromatic carbocycles. The Balaban J connectivity index is 2.02. The van der Waals surface area contributed by atoms with E-state index in [0.717, 1.165) is 16.3 Å². The van der Waals surface area contributed by atoms with Gasteiger partial charge >= 0.3 is 0 Å². The van der Waals surface area contributed by atoms with Crippen LogP contribution in [0.2, 0.25) is 0 Å². The van der Waals surface area contributed by atoms with Crippen molar-refractivity contribution in [3.05, 3.63) is 35.3 Å². The lowest BCUT2D eigenvalue weighted by atomic mass is 10.3. The van der Waals surface area contributed by atoms with E-state index in [2.05, 4.69) is 20.5 Å². The molecule has 110 valence electrons. The van der Waals surface area contributed by atoms with Crippen LogP contribution in [-0.2, 0) is 11.2 Å². The molecular weight excluding hydrogens is 286 g/mol. The molecule has 0 spiro atoms. The van der Waals surface area contributed by atoms with Gasteiger partial charge in [0.1, 0.15) is 0 Å². The second-order valence-electron chi connectivity index (χ2n) is 4.57. The zero-order valence-electron chi connectivity index (χ0n) is 12.2. The standard InChI is InChI=1S/C14H17N5OS/c1-15-13(20)8-12-9-16-14(21-12)18-17-10-4-6-11(7-5-10)19(2)3/h4-7,9H,8H2,1-3H3,(H,15,20). The molecule has 0 aliphatic carbocycles. The number of aromatic nitrogens is 1. The van der Waals surface area contributed by atoms with E-state index in [1.165, 1.54) is 11.3 Å². The molecule has 0 saturated carbocycles. The quantitative estimate of drug-likeness (QED) is 0.863. The molecule has 0 radical (unpaired) electrons. The molecule has 0 fully saturated rings. The van der Waals surface area contributed by atoms with Crippen LogP contribution < -0.4 is 10.2 Å². The maximum absolute atomic E-state index is 11.3. The highest BCUT2D eigenvalue weighted by Gasteiger charge is 2.05. The maximum atomic E-state index is 11.3. The van der Waals surface area contributed by atoms with Crippen LogP contribution in [0, 0.1) is 0 Å². The first-order valence-corrected chi connectivity index (χ1v) is 7.24. The first-order valence-electron chi connectivity index (χ1n) is 6.43. The number of benzene rings is 1. The maximum Gasteiger partial charge on any atom is 0.230 e. The summed E-state index contributed by atoms with van der Waals surface area (Å²) in [7, 11) is 5.58. The van der Waals surface area contributed by atoms with E-state index in [1.807, 2.05) is 43.3 Å². The highest BCUT2D eigenvalue weighted by Crippen LogP contribution is 2.25. The molecule has 21 heavy (non-hydrogen) atoms. The molecule has 6 nitrogen and oxygen atoms in total. The van der Waals surface area contributed by atoms with Crippen LogP contribution in [0.3, 0.4) is 0 Å². The number of hydrogen-bond acceptors (Lipinski definition) is 6. The number of azo groups is 1. The number of anilines is 1. The minimum atomic E-state index is -0.0404. The number of likely N-dealkylation sites (N-methyl/N-ethyl adjacent to an activating group) is 1. The van der Waals surface area contributed by atoms with Crippen molar-refractivity contribution in [1.82, 2.24) is 10.3 Å². The lowest BCUT2D eigenvalue weighted by Gasteiger charge is -2.11. The summed E-state index contributed by atoms with van der Waals surface area (Å²) in [5, 5.41) is 11.4. The third-order valence-electron chi connectivity index (χ3n) is 2.77. The van der Waals surface area contributed by atoms with Crippen molar-refractivity contribution in [2.75, 3.05) is 26.0 Å². The average molecular weight is 303 g/mol. The molecule has 0 aliphatic heterocycles. The second kappa shape index (κ2) is 6.94. The number of thiazole rings is 1. The lowest BCUT2D eigenvalue weighted by molar-refractivity contribution is -0.119. The zero-order valence-corrected chi connectivity index (χ0v) is 13.0. The number of rotatable bonds is 5. The molecule has 0 unspecified atom stereocenters. The molecule has 0 bridgehead atoms. The summed E-state index contributed by atoms with van der Waals surface area (Å²) in [6, 6.07) is 7.76. The summed E-state index contributed by atoms with van der Waals surface area (Å²) < 4.78 is 0. The Kier molecular flexibility index (Phi) is 4.99. The van der Waals surface area contributed by atoms with Crippen molar-refractivity contribution in [1.29, 1.82) is 0 Å². The molecule has 2 aromatic rings. The van der Waals surface area contributed by atoms with Crippen LogP contribution in [0.15, 0.2) is 40.7 Å². The predicted octanol–water partition coefficient (Wildman–Crippen LogP) is 2.91. The van der Waals surface area contributed by atoms with Crippen LogP contribution >= 0.6 is 11.3 Å². The fraction of sp³-hybridized carbons (Fsp3) is 0.286. The number of nitrogens with one attached hydrogen (secondary N) is 1. The zero-order chi connectivity index (χ0) is 15.2. The van der Waals surface area contributed by atoms with E-state index < -0.39 is 0 Å². The highest BCUT2D eigenvalue weighted by atomic mass is 32.1. The number of amides is 1. The summed E-state index contributed by atoms with van der Waals surface area (Å²) in [6.07, 6.45) is 1.98. The molecule has 1 N–H and O–H groups in total. The number of hydrogen-bond donors (Lipinski definition) is 1. The Morgan fingerprint density at radius 1 is 1.29 bits per heavy atom. The summed E-state index contributed by atoms with van der Waals surface area (Å²) in [4.78, 5) is 18.3. The van der Waals surface area contributed by atoms with Gasteiger partial charge in [0.25, 0.3) is 0 Å². The molecule has 0 aliphatic rings. The van der Waals surface area contributed by atoms with Gasteiger partial charge in [-0.15, -0.1) is 10.2 Å². The van der Waals surface area contributed by atoms with Crippen molar-refractivity contribution in [3.8, 4) is 0 Å². The van der Waals surface area contributed by atoms with E-state index in [0.29, 0.717) is 11.6 Å². The van der Waals surface area contributed by atoms with E-state index in [-0.39, 0.29) is 5.91 Å². The van der Waals surface area contributed by atoms with Gasteiger partial charge in [-0.05, 0) is 24.3 Å². The van der Waals surface area contributed by atoms with Gasteiger partial charge in [-0.1, -0.05) is 11.3 Å². The van der Waals surface area contributed by atoms with Gasteiger partial charge in [-0.3, -0.25) is 4.79 Å². The minimum absolute atomic E-state index is 0.0404. The molecular formula is C14H17N5OS. The van der Waals surface area contributed by atoms with Crippen molar-refractivity contribution in [3.63, 3.8) is 0 Å². The van der Waals surface area contributed by atoms with Crippen LogP contribution in [0.5, 0.6) is 0 Å². The van der Waals surface area contributed by atoms with Gasteiger partial charge in [-0.25, -0.2) is 4.98 Å². The van der Waals surface area contributed by atoms with E-state index in [9.17, 15) is 4.79 Å². The number of carbonyl (C=O) groups excluding carboxylic acids is 1. The predicted molar refractivity (Wildman–Crippen MR) is 84.8 cm³/mol. The van der Waals surface area contributed by atoms with Gasteiger partial charge in [0, 0.05) is 37.9 Å². The first kappa shape index (κ1) is 15.1. The molecule has 0 atom stereocenters. The first-order chi connectivity index (χ1) is 10.1. The van der Waals surface area contributed by atoms with Crippen LogP contribution in [0.4, 0.5) is 16.5 Å². The van der Waals surface area contributed by atoms with E-state index >= 15 is 0 Å². The summed E-state index contributed by atoms with van der Waals surface area (Å²) in [5.74, 6) is -0.0404. The van der Waals surface area contributed by atoms with E-state index in [4.69, 9.17) is 0 Å². The van der Waals surface area contributed by atoms with Crippen LogP contribution in [-0.4, -0.2) is 32.0 Å². The minimum Gasteiger partial charge on any atom is -0.378 e. The van der Waals surface area contributed by atoms with Gasteiger partial charge in [-0.2, -0.15) is 0 Å². The molecule has 7 heteroatoms. The van der Waals surface area contributed by atoms with Crippen molar-refractivity contribution < 1.29 is 4.79 Å². The smallest absolute Gasteiger partial charge is 0.230 e. The Hall–Kier alpha value is -2.28. The van der Waals surface area contributed by atoms with Crippen LogP contribution in [0.1, 0.15) is 4.88 Å². The molecule has 1 heterocycles. The summed E-state index contributed by atoms with van der Waals surface area (Å²) in [6.45, 7) is 0. The fourth-order valence-electron chi connectivity index (χ4n) is 1.59. The number of nitrogens with zero attached hydrogens (tertiary/aromatic N) is 4.